The fraction of sp³-hybridized carbons (Fsp3) is 0.588. The molecule has 2 heterocycles. The van der Waals surface area contributed by atoms with E-state index in [0.29, 0.717) is 18.1 Å². The molecule has 0 bridgehead atoms. The highest BCUT2D eigenvalue weighted by Crippen LogP contribution is 2.26. The van der Waals surface area contributed by atoms with Gasteiger partial charge in [0.25, 0.3) is 0 Å². The lowest BCUT2D eigenvalue weighted by molar-refractivity contribution is 0.0953. The second kappa shape index (κ2) is 6.16. The molecule has 0 spiro atoms. The van der Waals surface area contributed by atoms with Gasteiger partial charge in [0.05, 0.1) is 17.1 Å². The van der Waals surface area contributed by atoms with Crippen LogP contribution in [0.15, 0.2) is 24.3 Å². The van der Waals surface area contributed by atoms with Crippen molar-refractivity contribution in [3.05, 3.63) is 30.1 Å². The van der Waals surface area contributed by atoms with Gasteiger partial charge in [-0.15, -0.1) is 0 Å². The number of nitrogens with one attached hydrogen (secondary N) is 1. The first-order chi connectivity index (χ1) is 10.2. The Labute approximate surface area is 126 Å². The van der Waals surface area contributed by atoms with E-state index in [1.165, 1.54) is 5.52 Å². The summed E-state index contributed by atoms with van der Waals surface area (Å²) in [5.74, 6) is 1.73. The Hall–Kier alpha value is -1.39. The quantitative estimate of drug-likeness (QED) is 0.918. The number of fused-ring (bicyclic) bond motifs is 1. The average molecular weight is 287 g/mol. The number of aryl methyl sites for hydroxylation is 1. The van der Waals surface area contributed by atoms with E-state index < -0.39 is 0 Å². The van der Waals surface area contributed by atoms with Crippen LogP contribution in [-0.2, 0) is 18.2 Å². The van der Waals surface area contributed by atoms with E-state index in [1.54, 1.807) is 0 Å². The van der Waals surface area contributed by atoms with Crippen LogP contribution in [0.1, 0.15) is 26.1 Å². The van der Waals surface area contributed by atoms with Crippen LogP contribution in [0.4, 0.5) is 0 Å². The summed E-state index contributed by atoms with van der Waals surface area (Å²) in [5.41, 5.74) is 2.29. The third kappa shape index (κ3) is 2.83. The summed E-state index contributed by atoms with van der Waals surface area (Å²) >= 11 is 0. The molecule has 2 aromatic rings. The Kier molecular flexibility index (Phi) is 4.27. The first-order valence-electron chi connectivity index (χ1n) is 7.96. The van der Waals surface area contributed by atoms with Gasteiger partial charge in [-0.3, -0.25) is 0 Å². The monoisotopic (exact) mass is 287 g/mol. The Balaban J connectivity index is 1.85. The van der Waals surface area contributed by atoms with Crippen LogP contribution in [0.3, 0.4) is 0 Å². The summed E-state index contributed by atoms with van der Waals surface area (Å²) in [6.45, 7) is 6.23. The molecule has 1 aliphatic rings. The lowest BCUT2D eigenvalue weighted by Crippen LogP contribution is -2.41. The second-order valence-electron chi connectivity index (χ2n) is 5.97. The molecule has 3 atom stereocenters. The maximum absolute atomic E-state index is 5.75. The smallest absolute Gasteiger partial charge is 0.111 e. The minimum Gasteiger partial charge on any atom is -0.378 e. The highest BCUT2D eigenvalue weighted by molar-refractivity contribution is 5.75. The Bertz CT molecular complexity index is 607. The van der Waals surface area contributed by atoms with Crippen LogP contribution in [0.2, 0.25) is 0 Å². The molecule has 0 aliphatic carbocycles. The third-order valence-electron chi connectivity index (χ3n) is 4.70. The SMILES string of the molecule is CCNC(Cc1nc2ccccc2n1C)C1CCOC1C. The fourth-order valence-corrected chi connectivity index (χ4v) is 3.49. The Morgan fingerprint density at radius 2 is 2.24 bits per heavy atom. The lowest BCUT2D eigenvalue weighted by Gasteiger charge is -2.26. The molecule has 1 saturated heterocycles. The number of likely N-dealkylation sites (N-methyl/N-ethyl adjacent to an activating group) is 1. The summed E-state index contributed by atoms with van der Waals surface area (Å²) in [4.78, 5) is 4.81. The predicted octanol–water partition coefficient (Wildman–Crippen LogP) is 2.52. The van der Waals surface area contributed by atoms with E-state index >= 15 is 0 Å². The topological polar surface area (TPSA) is 39.1 Å². The van der Waals surface area contributed by atoms with Gasteiger partial charge in [-0.05, 0) is 32.0 Å². The van der Waals surface area contributed by atoms with Gasteiger partial charge < -0.3 is 14.6 Å². The van der Waals surface area contributed by atoms with Crippen LogP contribution in [0.25, 0.3) is 11.0 Å². The maximum atomic E-state index is 5.75. The van der Waals surface area contributed by atoms with Gasteiger partial charge in [0.2, 0.25) is 0 Å². The van der Waals surface area contributed by atoms with Gasteiger partial charge in [0, 0.05) is 32.0 Å². The molecule has 0 radical (unpaired) electrons. The van der Waals surface area contributed by atoms with Gasteiger partial charge in [-0.2, -0.15) is 0 Å². The number of nitrogens with zero attached hydrogens (tertiary/aromatic N) is 2. The minimum absolute atomic E-state index is 0.337. The number of hydrogen-bond acceptors (Lipinski definition) is 3. The van der Waals surface area contributed by atoms with E-state index in [1.807, 2.05) is 6.07 Å². The lowest BCUT2D eigenvalue weighted by atomic mass is 9.91. The number of aromatic nitrogens is 2. The number of benzene rings is 1. The van der Waals surface area contributed by atoms with Crippen molar-refractivity contribution in [2.24, 2.45) is 13.0 Å². The number of para-hydroxylation sites is 2. The summed E-state index contributed by atoms with van der Waals surface area (Å²) in [6, 6.07) is 8.77. The van der Waals surface area contributed by atoms with Crippen LogP contribution in [0.5, 0.6) is 0 Å². The van der Waals surface area contributed by atoms with Gasteiger partial charge in [-0.1, -0.05) is 19.1 Å². The molecule has 3 rings (SSSR count). The number of hydrogen-bond donors (Lipinski definition) is 1. The van der Waals surface area contributed by atoms with E-state index in [9.17, 15) is 0 Å². The van der Waals surface area contributed by atoms with Crippen molar-refractivity contribution < 1.29 is 4.74 Å². The Morgan fingerprint density at radius 3 is 2.90 bits per heavy atom. The van der Waals surface area contributed by atoms with Crippen LogP contribution in [-0.4, -0.2) is 34.8 Å². The number of imidazole rings is 1. The van der Waals surface area contributed by atoms with Crippen molar-refractivity contribution in [1.82, 2.24) is 14.9 Å². The van der Waals surface area contributed by atoms with Gasteiger partial charge >= 0.3 is 0 Å². The first kappa shape index (κ1) is 14.5. The zero-order chi connectivity index (χ0) is 14.8. The molecule has 21 heavy (non-hydrogen) atoms. The maximum Gasteiger partial charge on any atom is 0.111 e. The zero-order valence-corrected chi connectivity index (χ0v) is 13.2. The van der Waals surface area contributed by atoms with E-state index in [2.05, 4.69) is 49.0 Å². The second-order valence-corrected chi connectivity index (χ2v) is 5.97. The van der Waals surface area contributed by atoms with Crippen LogP contribution >= 0.6 is 0 Å². The highest BCUT2D eigenvalue weighted by Gasteiger charge is 2.32. The van der Waals surface area contributed by atoms with Gasteiger partial charge in [0.1, 0.15) is 5.82 Å². The predicted molar refractivity (Wildman–Crippen MR) is 85.4 cm³/mol. The summed E-state index contributed by atoms with van der Waals surface area (Å²) in [6.07, 6.45) is 2.43. The number of rotatable bonds is 5. The molecule has 0 amide bonds. The van der Waals surface area contributed by atoms with Crippen molar-refractivity contribution in [3.8, 4) is 0 Å². The molecular weight excluding hydrogens is 262 g/mol. The Morgan fingerprint density at radius 1 is 1.43 bits per heavy atom. The summed E-state index contributed by atoms with van der Waals surface area (Å²) < 4.78 is 7.97. The third-order valence-corrected chi connectivity index (χ3v) is 4.70. The van der Waals surface area contributed by atoms with Gasteiger partial charge in [0.15, 0.2) is 0 Å². The summed E-state index contributed by atoms with van der Waals surface area (Å²) in [5, 5.41) is 3.64. The van der Waals surface area contributed by atoms with E-state index in [0.717, 1.165) is 37.3 Å². The highest BCUT2D eigenvalue weighted by atomic mass is 16.5. The van der Waals surface area contributed by atoms with Crippen molar-refractivity contribution in [1.29, 1.82) is 0 Å². The van der Waals surface area contributed by atoms with E-state index in [4.69, 9.17) is 9.72 Å². The fourth-order valence-electron chi connectivity index (χ4n) is 3.49. The van der Waals surface area contributed by atoms with Crippen molar-refractivity contribution >= 4 is 11.0 Å². The zero-order valence-electron chi connectivity index (χ0n) is 13.2. The molecule has 114 valence electrons. The molecular formula is C17H25N3O. The van der Waals surface area contributed by atoms with Crippen LogP contribution < -0.4 is 5.32 Å². The van der Waals surface area contributed by atoms with E-state index in [-0.39, 0.29) is 0 Å². The number of ether oxygens (including phenoxy) is 1. The molecule has 4 heteroatoms. The first-order valence-corrected chi connectivity index (χ1v) is 7.96. The largest absolute Gasteiger partial charge is 0.378 e. The van der Waals surface area contributed by atoms with Gasteiger partial charge in [-0.25, -0.2) is 4.98 Å². The molecule has 4 nitrogen and oxygen atoms in total. The molecule has 1 N–H and O–H groups in total. The van der Waals surface area contributed by atoms with Crippen molar-refractivity contribution in [2.75, 3.05) is 13.2 Å². The minimum atomic E-state index is 0.337. The molecule has 0 saturated carbocycles. The normalized spacial score (nSPS) is 23.8. The molecule has 1 aromatic carbocycles. The average Bonchev–Trinajstić information content (AvgIpc) is 3.04. The van der Waals surface area contributed by atoms with Crippen molar-refractivity contribution in [2.45, 2.75) is 38.8 Å². The molecule has 3 unspecified atom stereocenters. The summed E-state index contributed by atoms with van der Waals surface area (Å²) in [7, 11) is 2.11. The molecule has 1 aromatic heterocycles. The molecule has 1 aliphatic heterocycles. The molecule has 1 fully saturated rings. The standard InChI is InChI=1S/C17H25N3O/c1-4-18-15(13-9-10-21-12(13)2)11-17-19-14-7-5-6-8-16(14)20(17)3/h5-8,12-13,15,18H,4,9-11H2,1-3H3. The van der Waals surface area contributed by atoms with Crippen LogP contribution in [0, 0.1) is 5.92 Å². The van der Waals surface area contributed by atoms with Crippen molar-refractivity contribution in [3.63, 3.8) is 0 Å².